The number of nitrogens with zero attached hydrogens (tertiary/aromatic N) is 3. The van der Waals surface area contributed by atoms with Crippen LogP contribution in [0.3, 0.4) is 0 Å². The Morgan fingerprint density at radius 2 is 2.30 bits per heavy atom. The summed E-state index contributed by atoms with van der Waals surface area (Å²) in [6, 6.07) is -0.136. The van der Waals surface area contributed by atoms with Gasteiger partial charge in [0, 0.05) is 18.8 Å². The molecule has 1 saturated heterocycles. The molecule has 0 aromatic carbocycles. The Morgan fingerprint density at radius 1 is 1.55 bits per heavy atom. The first-order valence-corrected chi connectivity index (χ1v) is 6.42. The van der Waals surface area contributed by atoms with Gasteiger partial charge in [0.15, 0.2) is 6.10 Å². The summed E-state index contributed by atoms with van der Waals surface area (Å²) in [7, 11) is 0. The fourth-order valence-corrected chi connectivity index (χ4v) is 1.87. The number of anilines is 1. The van der Waals surface area contributed by atoms with Gasteiger partial charge in [-0.3, -0.25) is 4.68 Å². The number of carbonyl (C=O) groups excluding carboxylic acids is 1. The van der Waals surface area contributed by atoms with E-state index in [4.69, 9.17) is 9.84 Å². The molecule has 1 aliphatic rings. The van der Waals surface area contributed by atoms with E-state index in [2.05, 4.69) is 10.4 Å². The monoisotopic (exact) mass is 282 g/mol. The lowest BCUT2D eigenvalue weighted by molar-refractivity contribution is -0.154. The number of carbonyl (C=O) groups is 2. The summed E-state index contributed by atoms with van der Waals surface area (Å²) in [5, 5.41) is 15.7. The molecule has 0 bridgehead atoms. The van der Waals surface area contributed by atoms with Gasteiger partial charge < -0.3 is 20.1 Å². The predicted octanol–water partition coefficient (Wildman–Crippen LogP) is 0.781. The highest BCUT2D eigenvalue weighted by atomic mass is 16.5. The van der Waals surface area contributed by atoms with Crippen LogP contribution in [0.5, 0.6) is 0 Å². The number of carboxylic acids is 1. The van der Waals surface area contributed by atoms with Crippen molar-refractivity contribution in [2.45, 2.75) is 26.0 Å². The summed E-state index contributed by atoms with van der Waals surface area (Å²) in [6.07, 6.45) is 2.33. The molecule has 110 valence electrons. The standard InChI is InChI=1S/C12H18N4O4/c1-8(2)16-6-9(5-13-16)14-12(19)15-3-4-20-10(7-15)11(17)18/h5-6,8,10H,3-4,7H2,1-2H3,(H,14,19)(H,17,18). The van der Waals surface area contributed by atoms with Crippen LogP contribution in [-0.2, 0) is 9.53 Å². The van der Waals surface area contributed by atoms with Crippen molar-refractivity contribution in [2.24, 2.45) is 0 Å². The van der Waals surface area contributed by atoms with Crippen LogP contribution in [-0.4, -0.2) is 57.6 Å². The van der Waals surface area contributed by atoms with Crippen molar-refractivity contribution in [1.82, 2.24) is 14.7 Å². The number of aliphatic carboxylic acids is 1. The quantitative estimate of drug-likeness (QED) is 0.854. The molecule has 2 heterocycles. The minimum Gasteiger partial charge on any atom is -0.479 e. The molecular formula is C12H18N4O4. The number of amides is 2. The van der Waals surface area contributed by atoms with Crippen LogP contribution in [0.15, 0.2) is 12.4 Å². The lowest BCUT2D eigenvalue weighted by Crippen LogP contribution is -2.49. The maximum Gasteiger partial charge on any atom is 0.334 e. The van der Waals surface area contributed by atoms with Crippen LogP contribution in [0.25, 0.3) is 0 Å². The molecule has 1 aliphatic heterocycles. The molecule has 1 unspecified atom stereocenters. The highest BCUT2D eigenvalue weighted by Crippen LogP contribution is 2.12. The summed E-state index contributed by atoms with van der Waals surface area (Å²) < 4.78 is 6.80. The van der Waals surface area contributed by atoms with Crippen molar-refractivity contribution in [1.29, 1.82) is 0 Å². The second kappa shape index (κ2) is 5.91. The minimum absolute atomic E-state index is 0.0412. The van der Waals surface area contributed by atoms with Gasteiger partial charge in [-0.15, -0.1) is 0 Å². The van der Waals surface area contributed by atoms with Gasteiger partial charge in [0.2, 0.25) is 0 Å². The topological polar surface area (TPSA) is 96.7 Å². The maximum atomic E-state index is 12.0. The van der Waals surface area contributed by atoms with Gasteiger partial charge in [0.25, 0.3) is 0 Å². The van der Waals surface area contributed by atoms with E-state index in [1.54, 1.807) is 17.1 Å². The predicted molar refractivity (Wildman–Crippen MR) is 70.6 cm³/mol. The number of hydrogen-bond acceptors (Lipinski definition) is 4. The van der Waals surface area contributed by atoms with Crippen molar-refractivity contribution >= 4 is 17.7 Å². The van der Waals surface area contributed by atoms with Crippen LogP contribution < -0.4 is 5.32 Å². The number of nitrogens with one attached hydrogen (secondary N) is 1. The Bertz CT molecular complexity index is 499. The van der Waals surface area contributed by atoms with E-state index in [9.17, 15) is 9.59 Å². The minimum atomic E-state index is -1.06. The van der Waals surface area contributed by atoms with Crippen molar-refractivity contribution < 1.29 is 19.4 Å². The zero-order valence-electron chi connectivity index (χ0n) is 11.4. The first-order valence-electron chi connectivity index (χ1n) is 6.42. The smallest absolute Gasteiger partial charge is 0.334 e. The second-order valence-electron chi connectivity index (χ2n) is 4.88. The third-order valence-electron chi connectivity index (χ3n) is 3.01. The van der Waals surface area contributed by atoms with Crippen LogP contribution >= 0.6 is 0 Å². The molecule has 8 nitrogen and oxygen atoms in total. The molecule has 8 heteroatoms. The molecule has 1 aromatic rings. The first kappa shape index (κ1) is 14.3. The number of hydrogen-bond donors (Lipinski definition) is 2. The Labute approximate surface area is 116 Å². The van der Waals surface area contributed by atoms with E-state index in [0.717, 1.165) is 0 Å². The molecule has 2 rings (SSSR count). The van der Waals surface area contributed by atoms with Gasteiger partial charge in [-0.25, -0.2) is 9.59 Å². The Balaban J connectivity index is 1.95. The Hall–Kier alpha value is -2.09. The summed E-state index contributed by atoms with van der Waals surface area (Å²) in [6.45, 7) is 4.60. The number of rotatable bonds is 3. The molecular weight excluding hydrogens is 264 g/mol. The third kappa shape index (κ3) is 3.27. The van der Waals surface area contributed by atoms with Crippen molar-refractivity contribution in [3.63, 3.8) is 0 Å². The Morgan fingerprint density at radius 3 is 2.90 bits per heavy atom. The van der Waals surface area contributed by atoms with E-state index in [0.29, 0.717) is 12.2 Å². The maximum absolute atomic E-state index is 12.0. The lowest BCUT2D eigenvalue weighted by atomic mass is 10.3. The number of aromatic nitrogens is 2. The van der Waals surface area contributed by atoms with E-state index < -0.39 is 12.1 Å². The number of morpholine rings is 1. The molecule has 0 aliphatic carbocycles. The second-order valence-corrected chi connectivity index (χ2v) is 4.88. The fraction of sp³-hybridized carbons (Fsp3) is 0.583. The third-order valence-corrected chi connectivity index (χ3v) is 3.01. The lowest BCUT2D eigenvalue weighted by Gasteiger charge is -2.30. The van der Waals surface area contributed by atoms with E-state index in [1.807, 2.05) is 13.8 Å². The highest BCUT2D eigenvalue weighted by molar-refractivity contribution is 5.89. The molecule has 20 heavy (non-hydrogen) atoms. The van der Waals surface area contributed by atoms with Crippen molar-refractivity contribution in [2.75, 3.05) is 25.0 Å². The van der Waals surface area contributed by atoms with Gasteiger partial charge in [-0.05, 0) is 13.8 Å². The average Bonchev–Trinajstić information content (AvgIpc) is 2.87. The van der Waals surface area contributed by atoms with Gasteiger partial charge in [-0.2, -0.15) is 5.10 Å². The van der Waals surface area contributed by atoms with Crippen LogP contribution in [0.1, 0.15) is 19.9 Å². The van der Waals surface area contributed by atoms with Gasteiger partial charge >= 0.3 is 12.0 Å². The summed E-state index contributed by atoms with van der Waals surface area (Å²) in [4.78, 5) is 24.3. The molecule has 1 atom stereocenters. The average molecular weight is 282 g/mol. The van der Waals surface area contributed by atoms with E-state index >= 15 is 0 Å². The molecule has 0 radical (unpaired) electrons. The van der Waals surface area contributed by atoms with Gasteiger partial charge in [0.1, 0.15) is 0 Å². The molecule has 1 aromatic heterocycles. The van der Waals surface area contributed by atoms with Crippen LogP contribution in [0.4, 0.5) is 10.5 Å². The van der Waals surface area contributed by atoms with Crippen molar-refractivity contribution in [3.05, 3.63) is 12.4 Å². The van der Waals surface area contributed by atoms with Crippen LogP contribution in [0, 0.1) is 0 Å². The Kier molecular flexibility index (Phi) is 4.23. The number of ether oxygens (including phenoxy) is 1. The zero-order chi connectivity index (χ0) is 14.7. The van der Waals surface area contributed by atoms with Gasteiger partial charge in [-0.1, -0.05) is 0 Å². The van der Waals surface area contributed by atoms with Crippen LogP contribution in [0.2, 0.25) is 0 Å². The molecule has 0 spiro atoms. The summed E-state index contributed by atoms with van der Waals surface area (Å²) in [5.41, 5.74) is 0.585. The van der Waals surface area contributed by atoms with E-state index in [-0.39, 0.29) is 25.2 Å². The SMILES string of the molecule is CC(C)n1cc(NC(=O)N2CCOC(C(=O)O)C2)cn1. The summed E-state index contributed by atoms with van der Waals surface area (Å²) in [5.74, 6) is -1.06. The largest absolute Gasteiger partial charge is 0.479 e. The molecule has 2 amide bonds. The zero-order valence-corrected chi connectivity index (χ0v) is 11.4. The van der Waals surface area contributed by atoms with E-state index in [1.165, 1.54) is 4.90 Å². The first-order chi connectivity index (χ1) is 9.47. The fourth-order valence-electron chi connectivity index (χ4n) is 1.87. The number of carboxylic acid groups (broad SMARTS) is 1. The normalized spacial score (nSPS) is 19.1. The molecule has 1 fully saturated rings. The summed E-state index contributed by atoms with van der Waals surface area (Å²) >= 11 is 0. The van der Waals surface area contributed by atoms with Crippen molar-refractivity contribution in [3.8, 4) is 0 Å². The molecule has 2 N–H and O–H groups in total. The molecule has 0 saturated carbocycles. The van der Waals surface area contributed by atoms with Gasteiger partial charge in [0.05, 0.1) is 25.0 Å². The number of urea groups is 1. The highest BCUT2D eigenvalue weighted by Gasteiger charge is 2.29.